The maximum absolute atomic E-state index is 13.3. The van der Waals surface area contributed by atoms with Crippen LogP contribution in [0.4, 0.5) is 18.9 Å². The number of benzene rings is 3. The largest absolute Gasteiger partial charge is 0.497 e. The summed E-state index contributed by atoms with van der Waals surface area (Å²) < 4.78 is 46.5. The number of para-hydroxylation sites is 1. The Balaban J connectivity index is 1.85. The number of halogens is 3. The van der Waals surface area contributed by atoms with Gasteiger partial charge in [-0.3, -0.25) is 14.2 Å². The van der Waals surface area contributed by atoms with E-state index in [0.717, 1.165) is 6.07 Å². The molecule has 162 valence electrons. The Labute approximate surface area is 180 Å². The van der Waals surface area contributed by atoms with Crippen molar-refractivity contribution in [3.63, 3.8) is 0 Å². The Morgan fingerprint density at radius 2 is 1.53 bits per heavy atom. The highest BCUT2D eigenvalue weighted by Gasteiger charge is 2.33. The third-order valence-corrected chi connectivity index (χ3v) is 5.00. The van der Waals surface area contributed by atoms with E-state index in [0.29, 0.717) is 16.8 Å². The van der Waals surface area contributed by atoms with Gasteiger partial charge in [0.1, 0.15) is 5.75 Å². The molecule has 32 heavy (non-hydrogen) atoms. The smallest absolute Gasteiger partial charge is 0.418 e. The predicted octanol–water partition coefficient (Wildman–Crippen LogP) is 5.27. The number of pyridine rings is 1. The molecule has 1 heterocycles. The van der Waals surface area contributed by atoms with E-state index in [9.17, 15) is 22.8 Å². The lowest BCUT2D eigenvalue weighted by molar-refractivity contribution is -0.136. The zero-order valence-corrected chi connectivity index (χ0v) is 16.8. The van der Waals surface area contributed by atoms with Gasteiger partial charge in [-0.25, -0.2) is 0 Å². The van der Waals surface area contributed by atoms with Crippen LogP contribution in [0.2, 0.25) is 0 Å². The molecule has 0 atom stereocenters. The van der Waals surface area contributed by atoms with Gasteiger partial charge >= 0.3 is 6.18 Å². The molecule has 1 amide bonds. The highest BCUT2D eigenvalue weighted by atomic mass is 19.4. The van der Waals surface area contributed by atoms with Gasteiger partial charge in [-0.2, -0.15) is 13.2 Å². The fourth-order valence-electron chi connectivity index (χ4n) is 3.44. The van der Waals surface area contributed by atoms with Gasteiger partial charge in [0.2, 0.25) is 0 Å². The molecule has 0 aliphatic rings. The first-order chi connectivity index (χ1) is 15.3. The normalized spacial score (nSPS) is 11.4. The van der Waals surface area contributed by atoms with Crippen LogP contribution in [0.1, 0.15) is 15.9 Å². The highest BCUT2D eigenvalue weighted by molar-refractivity contribution is 6.12. The lowest BCUT2D eigenvalue weighted by atomic mass is 10.1. The number of methoxy groups -OCH3 is 1. The number of amides is 1. The first-order valence-corrected chi connectivity index (χ1v) is 9.56. The Kier molecular flexibility index (Phi) is 5.44. The number of nitrogens with one attached hydrogen (secondary N) is 1. The quantitative estimate of drug-likeness (QED) is 0.472. The molecule has 4 aromatic rings. The molecule has 1 aromatic heterocycles. The zero-order chi connectivity index (χ0) is 22.9. The average Bonchev–Trinajstić information content (AvgIpc) is 2.79. The SMILES string of the molecule is COc1ccc(-n2cc(C(=O)Nc3ccccc3C(F)(F)F)c3ccccc3c2=O)cc1. The van der Waals surface area contributed by atoms with Crippen molar-refractivity contribution in [1.82, 2.24) is 4.57 Å². The van der Waals surface area contributed by atoms with Crippen LogP contribution >= 0.6 is 0 Å². The second kappa shape index (κ2) is 8.22. The number of hydrogen-bond donors (Lipinski definition) is 1. The number of alkyl halides is 3. The average molecular weight is 438 g/mol. The van der Waals surface area contributed by atoms with Crippen molar-refractivity contribution in [1.29, 1.82) is 0 Å². The highest BCUT2D eigenvalue weighted by Crippen LogP contribution is 2.35. The molecule has 0 bridgehead atoms. The third-order valence-electron chi connectivity index (χ3n) is 5.00. The van der Waals surface area contributed by atoms with E-state index < -0.39 is 17.6 Å². The summed E-state index contributed by atoms with van der Waals surface area (Å²) in [6, 6.07) is 17.8. The van der Waals surface area contributed by atoms with E-state index in [-0.39, 0.29) is 22.2 Å². The number of ether oxygens (including phenoxy) is 1. The summed E-state index contributed by atoms with van der Waals surface area (Å²) in [5.41, 5.74) is -1.14. The number of carbonyl (C=O) groups excluding carboxylic acids is 1. The van der Waals surface area contributed by atoms with Crippen molar-refractivity contribution in [3.8, 4) is 11.4 Å². The molecule has 0 fully saturated rings. The molecule has 0 spiro atoms. The van der Waals surface area contributed by atoms with Crippen molar-refractivity contribution in [2.45, 2.75) is 6.18 Å². The molecular weight excluding hydrogens is 421 g/mol. The predicted molar refractivity (Wildman–Crippen MR) is 115 cm³/mol. The third kappa shape index (κ3) is 3.94. The van der Waals surface area contributed by atoms with Crippen LogP contribution in [0, 0.1) is 0 Å². The van der Waals surface area contributed by atoms with Crippen molar-refractivity contribution in [2.75, 3.05) is 12.4 Å². The fourth-order valence-corrected chi connectivity index (χ4v) is 3.44. The molecule has 0 saturated carbocycles. The van der Waals surface area contributed by atoms with Gasteiger partial charge in [0.15, 0.2) is 0 Å². The van der Waals surface area contributed by atoms with Gasteiger partial charge in [0.05, 0.1) is 23.9 Å². The maximum Gasteiger partial charge on any atom is 0.418 e. The van der Waals surface area contributed by atoms with Crippen LogP contribution in [-0.4, -0.2) is 17.6 Å². The number of carbonyl (C=O) groups is 1. The first kappa shape index (κ1) is 21.2. The lowest BCUT2D eigenvalue weighted by Gasteiger charge is -2.16. The Morgan fingerprint density at radius 3 is 2.19 bits per heavy atom. The molecule has 0 aliphatic heterocycles. The van der Waals surface area contributed by atoms with Gasteiger partial charge in [0.25, 0.3) is 11.5 Å². The molecule has 0 aliphatic carbocycles. The van der Waals surface area contributed by atoms with Gasteiger partial charge in [0, 0.05) is 22.7 Å². The Morgan fingerprint density at radius 1 is 0.906 bits per heavy atom. The summed E-state index contributed by atoms with van der Waals surface area (Å²) in [7, 11) is 1.51. The van der Waals surface area contributed by atoms with Crippen LogP contribution in [-0.2, 0) is 6.18 Å². The molecule has 1 N–H and O–H groups in total. The van der Waals surface area contributed by atoms with E-state index in [1.807, 2.05) is 0 Å². The fraction of sp³-hybridized carbons (Fsp3) is 0.0833. The first-order valence-electron chi connectivity index (χ1n) is 9.56. The standard InChI is InChI=1S/C24H17F3N2O3/c1-32-16-12-10-15(11-13-16)29-14-19(17-6-2-3-7-18(17)23(29)31)22(30)28-21-9-5-4-8-20(21)24(25,26)27/h2-14H,1H3,(H,28,30). The number of nitrogens with zero attached hydrogens (tertiary/aromatic N) is 1. The van der Waals surface area contributed by atoms with Crippen molar-refractivity contribution >= 4 is 22.4 Å². The van der Waals surface area contributed by atoms with E-state index in [1.54, 1.807) is 48.5 Å². The molecule has 3 aromatic carbocycles. The molecule has 5 nitrogen and oxygen atoms in total. The van der Waals surface area contributed by atoms with Crippen LogP contribution in [0.3, 0.4) is 0 Å². The van der Waals surface area contributed by atoms with E-state index in [2.05, 4.69) is 5.32 Å². The molecule has 8 heteroatoms. The maximum atomic E-state index is 13.3. The van der Waals surface area contributed by atoms with Gasteiger partial charge in [-0.15, -0.1) is 0 Å². The second-order valence-corrected chi connectivity index (χ2v) is 6.96. The summed E-state index contributed by atoms with van der Waals surface area (Å²) in [4.78, 5) is 26.1. The molecular formula is C24H17F3N2O3. The van der Waals surface area contributed by atoms with Crippen LogP contribution in [0.15, 0.2) is 83.8 Å². The van der Waals surface area contributed by atoms with Crippen molar-refractivity contribution in [3.05, 3.63) is 100 Å². The summed E-state index contributed by atoms with van der Waals surface area (Å²) in [6.07, 6.45) is -3.30. The minimum Gasteiger partial charge on any atom is -0.497 e. The van der Waals surface area contributed by atoms with E-state index in [1.165, 1.54) is 36.1 Å². The van der Waals surface area contributed by atoms with Crippen molar-refractivity contribution in [2.24, 2.45) is 0 Å². The van der Waals surface area contributed by atoms with Crippen molar-refractivity contribution < 1.29 is 22.7 Å². The minimum atomic E-state index is -4.63. The monoisotopic (exact) mass is 438 g/mol. The molecule has 0 saturated heterocycles. The zero-order valence-electron chi connectivity index (χ0n) is 16.8. The number of aromatic nitrogens is 1. The molecule has 4 rings (SSSR count). The minimum absolute atomic E-state index is 0.0630. The van der Waals surface area contributed by atoms with E-state index in [4.69, 9.17) is 4.74 Å². The van der Waals surface area contributed by atoms with Gasteiger partial charge in [-0.1, -0.05) is 30.3 Å². The lowest BCUT2D eigenvalue weighted by Crippen LogP contribution is -2.23. The summed E-state index contributed by atoms with van der Waals surface area (Å²) >= 11 is 0. The molecule has 0 radical (unpaired) electrons. The topological polar surface area (TPSA) is 60.3 Å². The Bertz CT molecular complexity index is 1360. The number of rotatable bonds is 4. The van der Waals surface area contributed by atoms with E-state index >= 15 is 0 Å². The Hall–Kier alpha value is -4.07. The van der Waals surface area contributed by atoms with Gasteiger partial charge in [-0.05, 0) is 42.5 Å². The van der Waals surface area contributed by atoms with Gasteiger partial charge < -0.3 is 10.1 Å². The van der Waals surface area contributed by atoms with Crippen LogP contribution < -0.4 is 15.6 Å². The van der Waals surface area contributed by atoms with Crippen LogP contribution in [0.25, 0.3) is 16.5 Å². The number of anilines is 1. The summed E-state index contributed by atoms with van der Waals surface area (Å²) in [6.45, 7) is 0. The number of fused-ring (bicyclic) bond motifs is 1. The molecule has 0 unspecified atom stereocenters. The van der Waals surface area contributed by atoms with Crippen LogP contribution in [0.5, 0.6) is 5.75 Å². The second-order valence-electron chi connectivity index (χ2n) is 6.96. The summed E-state index contributed by atoms with van der Waals surface area (Å²) in [5.74, 6) is -0.176. The summed E-state index contributed by atoms with van der Waals surface area (Å²) in [5, 5.41) is 2.95. The number of hydrogen-bond acceptors (Lipinski definition) is 3.